The van der Waals surface area contributed by atoms with E-state index in [1.807, 2.05) is 4.90 Å². The SMILES string of the molecule is CCNS(=O)(=O)c1ccc(C(=O)N2CCCC(C(C)(C)C)CC2)cc1. The van der Waals surface area contributed by atoms with Crippen LogP contribution in [0, 0.1) is 11.3 Å². The minimum Gasteiger partial charge on any atom is -0.339 e. The van der Waals surface area contributed by atoms with E-state index in [1.54, 1.807) is 19.1 Å². The zero-order valence-electron chi connectivity index (χ0n) is 15.7. The van der Waals surface area contributed by atoms with Crippen LogP contribution in [0.5, 0.6) is 0 Å². The Morgan fingerprint density at radius 2 is 1.80 bits per heavy atom. The van der Waals surface area contributed by atoms with Gasteiger partial charge in [0.2, 0.25) is 10.0 Å². The van der Waals surface area contributed by atoms with E-state index in [1.165, 1.54) is 12.1 Å². The summed E-state index contributed by atoms with van der Waals surface area (Å²) in [5.41, 5.74) is 0.811. The highest BCUT2D eigenvalue weighted by Crippen LogP contribution is 2.34. The second-order valence-corrected chi connectivity index (χ2v) is 9.58. The number of hydrogen-bond acceptors (Lipinski definition) is 3. The molecule has 1 aromatic carbocycles. The Kier molecular flexibility index (Phi) is 6.27. The van der Waals surface area contributed by atoms with Crippen molar-refractivity contribution in [3.63, 3.8) is 0 Å². The molecule has 1 amide bonds. The Morgan fingerprint density at radius 3 is 2.36 bits per heavy atom. The minimum atomic E-state index is -3.48. The fourth-order valence-electron chi connectivity index (χ4n) is 3.40. The molecule has 1 saturated heterocycles. The summed E-state index contributed by atoms with van der Waals surface area (Å²) in [5, 5.41) is 0. The topological polar surface area (TPSA) is 66.5 Å². The summed E-state index contributed by atoms with van der Waals surface area (Å²) in [7, 11) is -3.48. The molecule has 0 spiro atoms. The number of hydrogen-bond donors (Lipinski definition) is 1. The fourth-order valence-corrected chi connectivity index (χ4v) is 4.44. The molecule has 1 unspecified atom stereocenters. The molecule has 1 fully saturated rings. The van der Waals surface area contributed by atoms with E-state index in [9.17, 15) is 13.2 Å². The first-order valence-corrected chi connectivity index (χ1v) is 10.5. The number of likely N-dealkylation sites (tertiary alicyclic amines) is 1. The zero-order valence-corrected chi connectivity index (χ0v) is 16.5. The minimum absolute atomic E-state index is 0.0121. The Labute approximate surface area is 151 Å². The summed E-state index contributed by atoms with van der Waals surface area (Å²) in [5.74, 6) is 0.611. The van der Waals surface area contributed by atoms with Gasteiger partial charge >= 0.3 is 0 Å². The van der Waals surface area contributed by atoms with Crippen molar-refractivity contribution in [3.8, 4) is 0 Å². The highest BCUT2D eigenvalue weighted by atomic mass is 32.2. The molecular formula is C19H30N2O3S. The van der Waals surface area contributed by atoms with Crippen molar-refractivity contribution in [1.82, 2.24) is 9.62 Å². The van der Waals surface area contributed by atoms with Gasteiger partial charge < -0.3 is 4.90 Å². The lowest BCUT2D eigenvalue weighted by atomic mass is 9.77. The van der Waals surface area contributed by atoms with Crippen molar-refractivity contribution in [3.05, 3.63) is 29.8 Å². The number of carbonyl (C=O) groups excluding carboxylic acids is 1. The Bertz CT molecular complexity index is 690. The van der Waals surface area contributed by atoms with Crippen LogP contribution in [0.4, 0.5) is 0 Å². The molecule has 0 radical (unpaired) electrons. The Hall–Kier alpha value is -1.40. The maximum Gasteiger partial charge on any atom is 0.253 e. The van der Waals surface area contributed by atoms with Gasteiger partial charge in [-0.05, 0) is 54.9 Å². The van der Waals surface area contributed by atoms with Crippen LogP contribution >= 0.6 is 0 Å². The average Bonchev–Trinajstić information content (AvgIpc) is 2.80. The Morgan fingerprint density at radius 1 is 1.16 bits per heavy atom. The summed E-state index contributed by atoms with van der Waals surface area (Å²) >= 11 is 0. The van der Waals surface area contributed by atoms with Crippen molar-refractivity contribution in [2.45, 2.75) is 51.9 Å². The molecule has 0 bridgehead atoms. The fraction of sp³-hybridized carbons (Fsp3) is 0.632. The van der Waals surface area contributed by atoms with Crippen LogP contribution in [0.25, 0.3) is 0 Å². The van der Waals surface area contributed by atoms with Crippen molar-refractivity contribution in [1.29, 1.82) is 0 Å². The molecule has 140 valence electrons. The molecule has 1 aromatic rings. The van der Waals surface area contributed by atoms with Crippen LogP contribution < -0.4 is 4.72 Å². The molecule has 1 heterocycles. The first kappa shape index (κ1) is 19.9. The third kappa shape index (κ3) is 5.05. The second-order valence-electron chi connectivity index (χ2n) is 7.81. The molecule has 2 rings (SSSR count). The van der Waals surface area contributed by atoms with E-state index in [0.717, 1.165) is 32.4 Å². The maximum atomic E-state index is 12.8. The van der Waals surface area contributed by atoms with Gasteiger partial charge in [0.1, 0.15) is 0 Å². The molecule has 1 aliphatic heterocycles. The highest BCUT2D eigenvalue weighted by molar-refractivity contribution is 7.89. The van der Waals surface area contributed by atoms with E-state index in [0.29, 0.717) is 18.0 Å². The van der Waals surface area contributed by atoms with Crippen molar-refractivity contribution < 1.29 is 13.2 Å². The van der Waals surface area contributed by atoms with Crippen molar-refractivity contribution in [2.75, 3.05) is 19.6 Å². The van der Waals surface area contributed by atoms with E-state index < -0.39 is 10.0 Å². The third-order valence-corrected chi connectivity index (χ3v) is 6.55. The highest BCUT2D eigenvalue weighted by Gasteiger charge is 2.28. The molecule has 5 nitrogen and oxygen atoms in total. The zero-order chi connectivity index (χ0) is 18.7. The summed E-state index contributed by atoms with van der Waals surface area (Å²) in [6, 6.07) is 6.22. The number of nitrogens with one attached hydrogen (secondary N) is 1. The molecule has 1 atom stereocenters. The van der Waals surface area contributed by atoms with Crippen LogP contribution in [0.2, 0.25) is 0 Å². The molecule has 1 aliphatic rings. The summed E-state index contributed by atoms with van der Waals surface area (Å²) in [6.07, 6.45) is 3.18. The van der Waals surface area contributed by atoms with Crippen LogP contribution in [0.15, 0.2) is 29.2 Å². The van der Waals surface area contributed by atoms with Gasteiger partial charge in [0.05, 0.1) is 4.90 Å². The lowest BCUT2D eigenvalue weighted by Crippen LogP contribution is -2.32. The quantitative estimate of drug-likeness (QED) is 0.889. The number of nitrogens with zero attached hydrogens (tertiary/aromatic N) is 1. The summed E-state index contributed by atoms with van der Waals surface area (Å²) < 4.78 is 26.4. The van der Waals surface area contributed by atoms with Crippen LogP contribution in [-0.2, 0) is 10.0 Å². The molecule has 6 heteroatoms. The van der Waals surface area contributed by atoms with E-state index in [4.69, 9.17) is 0 Å². The third-order valence-electron chi connectivity index (χ3n) is 4.99. The monoisotopic (exact) mass is 366 g/mol. The molecule has 1 N–H and O–H groups in total. The van der Waals surface area contributed by atoms with Gasteiger partial charge in [-0.3, -0.25) is 4.79 Å². The van der Waals surface area contributed by atoms with Gasteiger partial charge in [-0.15, -0.1) is 0 Å². The molecule has 25 heavy (non-hydrogen) atoms. The van der Waals surface area contributed by atoms with Gasteiger partial charge in [-0.25, -0.2) is 13.1 Å². The van der Waals surface area contributed by atoms with Crippen LogP contribution in [-0.4, -0.2) is 38.9 Å². The molecular weight excluding hydrogens is 336 g/mol. The number of rotatable bonds is 4. The van der Waals surface area contributed by atoms with Crippen LogP contribution in [0.3, 0.4) is 0 Å². The van der Waals surface area contributed by atoms with E-state index in [-0.39, 0.29) is 16.2 Å². The first-order chi connectivity index (χ1) is 11.6. The maximum absolute atomic E-state index is 12.8. The van der Waals surface area contributed by atoms with Gasteiger partial charge in [-0.2, -0.15) is 0 Å². The summed E-state index contributed by atoms with van der Waals surface area (Å²) in [6.45, 7) is 10.4. The standard InChI is InChI=1S/C19H30N2O3S/c1-5-20-25(23,24)17-10-8-15(9-11-17)18(22)21-13-6-7-16(12-14-21)19(2,3)4/h8-11,16,20H,5-7,12-14H2,1-4H3. The number of sulfonamides is 1. The smallest absolute Gasteiger partial charge is 0.253 e. The largest absolute Gasteiger partial charge is 0.339 e. The van der Waals surface area contributed by atoms with E-state index >= 15 is 0 Å². The van der Waals surface area contributed by atoms with Crippen LogP contribution in [0.1, 0.15) is 57.3 Å². The first-order valence-electron chi connectivity index (χ1n) is 9.04. The van der Waals surface area contributed by atoms with E-state index in [2.05, 4.69) is 25.5 Å². The van der Waals surface area contributed by atoms with Gasteiger partial charge in [0.25, 0.3) is 5.91 Å². The molecule has 0 aliphatic carbocycles. The lowest BCUT2D eigenvalue weighted by molar-refractivity contribution is 0.0755. The van der Waals surface area contributed by atoms with Crippen molar-refractivity contribution >= 4 is 15.9 Å². The predicted molar refractivity (Wildman–Crippen MR) is 100 cm³/mol. The Balaban J connectivity index is 2.08. The normalized spacial score (nSPS) is 19.5. The molecule has 0 aromatic heterocycles. The number of carbonyl (C=O) groups is 1. The van der Waals surface area contributed by atoms with Gasteiger partial charge in [0, 0.05) is 25.2 Å². The second kappa shape index (κ2) is 7.87. The average molecular weight is 367 g/mol. The summed E-state index contributed by atoms with van der Waals surface area (Å²) in [4.78, 5) is 14.8. The molecule has 0 saturated carbocycles. The van der Waals surface area contributed by atoms with Crippen molar-refractivity contribution in [2.24, 2.45) is 11.3 Å². The predicted octanol–water partition coefficient (Wildman–Crippen LogP) is 3.27. The number of amides is 1. The number of benzene rings is 1. The van der Waals surface area contributed by atoms with Gasteiger partial charge in [0.15, 0.2) is 0 Å². The lowest BCUT2D eigenvalue weighted by Gasteiger charge is -2.29. The van der Waals surface area contributed by atoms with Gasteiger partial charge in [-0.1, -0.05) is 27.7 Å².